The molecule has 0 bridgehead atoms. The molecule has 0 aromatic heterocycles. The van der Waals surface area contributed by atoms with Crippen LogP contribution in [0.1, 0.15) is 48.0 Å². The smallest absolute Gasteiger partial charge is 0.0941 e. The lowest BCUT2D eigenvalue weighted by Crippen LogP contribution is -2.53. The number of hydrogen-bond acceptors (Lipinski definition) is 1. The minimum atomic E-state index is -0.240. The fourth-order valence-corrected chi connectivity index (χ4v) is 3.12. The first-order valence-corrected chi connectivity index (χ1v) is 6.60. The van der Waals surface area contributed by atoms with Crippen molar-refractivity contribution >= 4 is 0 Å². The molecule has 0 N–H and O–H groups in total. The van der Waals surface area contributed by atoms with Gasteiger partial charge in [0, 0.05) is 23.5 Å². The van der Waals surface area contributed by atoms with Crippen LogP contribution in [0.5, 0.6) is 0 Å². The van der Waals surface area contributed by atoms with Gasteiger partial charge in [-0.15, -0.1) is 6.58 Å². The molecule has 1 aliphatic rings. The Hall–Kier alpha value is -0.370. The summed E-state index contributed by atoms with van der Waals surface area (Å²) in [4.78, 5) is 2.46. The van der Waals surface area contributed by atoms with Crippen molar-refractivity contribution in [3.63, 3.8) is 0 Å². The van der Waals surface area contributed by atoms with Crippen LogP contribution < -0.4 is 0 Å². The Bertz CT molecular complexity index is 272. The van der Waals surface area contributed by atoms with Crippen molar-refractivity contribution in [3.8, 4) is 0 Å². The highest BCUT2D eigenvalue weighted by atomic mass is 19.1. The average Bonchev–Trinajstić information content (AvgIpc) is 2.54. The van der Waals surface area contributed by atoms with Gasteiger partial charge >= 0.3 is 0 Å². The van der Waals surface area contributed by atoms with Crippen molar-refractivity contribution in [3.05, 3.63) is 12.7 Å². The summed E-state index contributed by atoms with van der Waals surface area (Å²) in [6.45, 7) is 17.0. The van der Waals surface area contributed by atoms with Crippen molar-refractivity contribution in [2.45, 2.75) is 65.6 Å². The van der Waals surface area contributed by atoms with E-state index >= 15 is 0 Å². The molecule has 1 aliphatic heterocycles. The summed E-state index contributed by atoms with van der Waals surface area (Å²) in [7, 11) is 0. The van der Waals surface area contributed by atoms with Crippen LogP contribution in [0.4, 0.5) is 4.39 Å². The molecule has 0 aromatic carbocycles. The average molecular weight is 241 g/mol. The van der Waals surface area contributed by atoms with Crippen LogP contribution >= 0.6 is 0 Å². The maximum atomic E-state index is 13.2. The zero-order chi connectivity index (χ0) is 13.4. The zero-order valence-electron chi connectivity index (χ0n) is 12.3. The maximum Gasteiger partial charge on any atom is 0.0941 e. The van der Waals surface area contributed by atoms with Gasteiger partial charge in [0.25, 0.3) is 0 Å². The number of halogens is 1. The molecule has 0 aliphatic carbocycles. The topological polar surface area (TPSA) is 3.24 Å². The summed E-state index contributed by atoms with van der Waals surface area (Å²) in [6, 6.07) is 0.593. The van der Waals surface area contributed by atoms with Crippen LogP contribution in [0.2, 0.25) is 0 Å². The van der Waals surface area contributed by atoms with E-state index in [1.54, 1.807) is 0 Å². The molecule has 17 heavy (non-hydrogen) atoms. The Morgan fingerprint density at radius 1 is 1.24 bits per heavy atom. The second-order valence-corrected chi connectivity index (χ2v) is 7.34. The van der Waals surface area contributed by atoms with Gasteiger partial charge in [-0.1, -0.05) is 26.8 Å². The summed E-state index contributed by atoms with van der Waals surface area (Å²) < 4.78 is 13.2. The minimum absolute atomic E-state index is 0.0563. The monoisotopic (exact) mass is 241 g/mol. The lowest BCUT2D eigenvalue weighted by atomic mass is 9.82. The highest BCUT2D eigenvalue weighted by Gasteiger charge is 2.48. The molecule has 0 aromatic rings. The highest BCUT2D eigenvalue weighted by Crippen LogP contribution is 2.43. The molecule has 2 heteroatoms. The lowest BCUT2D eigenvalue weighted by Gasteiger charge is -2.45. The van der Waals surface area contributed by atoms with Gasteiger partial charge in [0.15, 0.2) is 0 Å². The zero-order valence-corrected chi connectivity index (χ0v) is 12.3. The SMILES string of the molecule is C=C[C@@H]1[C@@H](CF)C[C@@H](C(C)(C)C)N1C(C)(C)C. The number of alkyl halides is 1. The molecular weight excluding hydrogens is 213 g/mol. The van der Waals surface area contributed by atoms with Crippen molar-refractivity contribution < 1.29 is 4.39 Å². The summed E-state index contributed by atoms with van der Waals surface area (Å²) >= 11 is 0. The van der Waals surface area contributed by atoms with Crippen molar-refractivity contribution in [2.75, 3.05) is 6.67 Å². The Kier molecular flexibility index (Phi) is 4.08. The normalized spacial score (nSPS) is 31.8. The predicted octanol–water partition coefficient (Wildman–Crippen LogP) is 4.05. The molecule has 0 saturated carbocycles. The van der Waals surface area contributed by atoms with Crippen molar-refractivity contribution in [1.29, 1.82) is 0 Å². The van der Waals surface area contributed by atoms with E-state index in [0.717, 1.165) is 6.42 Å². The standard InChI is InChI=1S/C15H28FN/c1-8-12-11(10-16)9-13(14(2,3)4)17(12)15(5,6)7/h8,11-13H,1,9-10H2,2-7H3/t11-,12-,13+/m1/s1. The third-order valence-electron chi connectivity index (χ3n) is 3.88. The largest absolute Gasteiger partial charge is 0.288 e. The van der Waals surface area contributed by atoms with E-state index in [9.17, 15) is 4.39 Å². The van der Waals surface area contributed by atoms with Crippen molar-refractivity contribution in [2.24, 2.45) is 11.3 Å². The molecule has 100 valence electrons. The Morgan fingerprint density at radius 2 is 1.76 bits per heavy atom. The second-order valence-electron chi connectivity index (χ2n) is 7.34. The molecule has 1 fully saturated rings. The van der Waals surface area contributed by atoms with Gasteiger partial charge in [-0.05, 0) is 32.6 Å². The van der Waals surface area contributed by atoms with Crippen LogP contribution in [0, 0.1) is 11.3 Å². The number of nitrogens with zero attached hydrogens (tertiary/aromatic N) is 1. The quantitative estimate of drug-likeness (QED) is 0.659. The van der Waals surface area contributed by atoms with E-state index in [1.165, 1.54) is 0 Å². The van der Waals surface area contributed by atoms with Gasteiger partial charge in [0.05, 0.1) is 6.67 Å². The Morgan fingerprint density at radius 3 is 2.06 bits per heavy atom. The Balaban J connectivity index is 3.10. The summed E-state index contributed by atoms with van der Waals surface area (Å²) in [5, 5.41) is 0. The van der Waals surface area contributed by atoms with E-state index in [0.29, 0.717) is 6.04 Å². The summed E-state index contributed by atoms with van der Waals surface area (Å²) in [5.41, 5.74) is 0.235. The summed E-state index contributed by atoms with van der Waals surface area (Å²) in [5.74, 6) is 0.107. The van der Waals surface area contributed by atoms with Crippen LogP contribution in [0.15, 0.2) is 12.7 Å². The number of hydrogen-bond donors (Lipinski definition) is 0. The van der Waals surface area contributed by atoms with Gasteiger partial charge in [0.2, 0.25) is 0 Å². The fourth-order valence-electron chi connectivity index (χ4n) is 3.12. The van der Waals surface area contributed by atoms with Gasteiger partial charge in [0.1, 0.15) is 0 Å². The van der Waals surface area contributed by atoms with E-state index in [4.69, 9.17) is 0 Å². The third-order valence-corrected chi connectivity index (χ3v) is 3.88. The molecule has 3 atom stereocenters. The molecule has 0 amide bonds. The molecular formula is C15H28FN. The van der Waals surface area contributed by atoms with Gasteiger partial charge < -0.3 is 0 Å². The highest BCUT2D eigenvalue weighted by molar-refractivity contribution is 5.08. The lowest BCUT2D eigenvalue weighted by molar-refractivity contribution is 0.0358. The molecule has 0 radical (unpaired) electrons. The van der Waals surface area contributed by atoms with E-state index in [-0.39, 0.29) is 29.6 Å². The molecule has 0 unspecified atom stereocenters. The molecule has 0 spiro atoms. The molecule has 1 heterocycles. The maximum absolute atomic E-state index is 13.2. The van der Waals surface area contributed by atoms with Crippen molar-refractivity contribution in [1.82, 2.24) is 4.90 Å². The van der Waals surface area contributed by atoms with Crippen LogP contribution in [0.25, 0.3) is 0 Å². The molecule has 1 nitrogen and oxygen atoms in total. The van der Waals surface area contributed by atoms with Crippen LogP contribution in [-0.2, 0) is 0 Å². The summed E-state index contributed by atoms with van der Waals surface area (Å²) in [6.07, 6.45) is 2.87. The Labute approximate surface area is 106 Å². The van der Waals surface area contributed by atoms with Gasteiger partial charge in [-0.2, -0.15) is 0 Å². The van der Waals surface area contributed by atoms with Crippen LogP contribution in [0.3, 0.4) is 0 Å². The molecule has 1 saturated heterocycles. The van der Waals surface area contributed by atoms with E-state index in [1.807, 2.05) is 6.08 Å². The first-order valence-electron chi connectivity index (χ1n) is 6.60. The predicted molar refractivity (Wildman–Crippen MR) is 72.9 cm³/mol. The van der Waals surface area contributed by atoms with Gasteiger partial charge in [-0.25, -0.2) is 0 Å². The molecule has 1 rings (SSSR count). The van der Waals surface area contributed by atoms with E-state index < -0.39 is 0 Å². The van der Waals surface area contributed by atoms with Gasteiger partial charge in [-0.3, -0.25) is 9.29 Å². The minimum Gasteiger partial charge on any atom is -0.288 e. The third kappa shape index (κ3) is 2.90. The first-order chi connectivity index (χ1) is 7.62. The fraction of sp³-hybridized carbons (Fsp3) is 0.867. The number of rotatable bonds is 2. The van der Waals surface area contributed by atoms with Crippen LogP contribution in [-0.4, -0.2) is 29.2 Å². The second kappa shape index (κ2) is 4.72. The first kappa shape index (κ1) is 14.7. The number of likely N-dealkylation sites (tertiary alicyclic amines) is 1. The van der Waals surface area contributed by atoms with E-state index in [2.05, 4.69) is 53.0 Å².